The van der Waals surface area contributed by atoms with Crippen LogP contribution in [0.2, 0.25) is 0 Å². The molecule has 1 saturated carbocycles. The number of anilines is 1. The van der Waals surface area contributed by atoms with Crippen molar-refractivity contribution < 1.29 is 4.52 Å². The normalized spacial score (nSPS) is 20.1. The van der Waals surface area contributed by atoms with E-state index in [2.05, 4.69) is 12.1 Å². The van der Waals surface area contributed by atoms with E-state index in [-0.39, 0.29) is 0 Å². The summed E-state index contributed by atoms with van der Waals surface area (Å²) in [4.78, 5) is 0. The van der Waals surface area contributed by atoms with E-state index in [1.54, 1.807) is 0 Å². The summed E-state index contributed by atoms with van der Waals surface area (Å²) in [5.41, 5.74) is 5.75. The van der Waals surface area contributed by atoms with Gasteiger partial charge in [-0.15, -0.1) is 0 Å². The maximum absolute atomic E-state index is 5.45. The Labute approximate surface area is 65.6 Å². The average molecular weight is 152 g/mol. The zero-order valence-corrected chi connectivity index (χ0v) is 6.63. The van der Waals surface area contributed by atoms with Crippen LogP contribution in [0.5, 0.6) is 0 Å². The van der Waals surface area contributed by atoms with Crippen molar-refractivity contribution in [2.45, 2.75) is 31.6 Å². The molecule has 0 aromatic carbocycles. The highest BCUT2D eigenvalue weighted by molar-refractivity contribution is 5.33. The third kappa shape index (κ3) is 0.914. The van der Waals surface area contributed by atoms with Gasteiger partial charge in [-0.25, -0.2) is 0 Å². The quantitative estimate of drug-likeness (QED) is 0.701. The number of hydrogen-bond acceptors (Lipinski definition) is 3. The molecule has 0 amide bonds. The standard InChI is InChI=1S/C8H12N2O/c1-2-8(3-4-8)6-5-7(9)10-11-6/h5H,2-4H2,1H3,(H2,9,10). The summed E-state index contributed by atoms with van der Waals surface area (Å²) in [5.74, 6) is 1.47. The van der Waals surface area contributed by atoms with Gasteiger partial charge in [-0.1, -0.05) is 12.1 Å². The van der Waals surface area contributed by atoms with Crippen LogP contribution in [0.1, 0.15) is 31.9 Å². The molecule has 60 valence electrons. The fraction of sp³-hybridized carbons (Fsp3) is 0.625. The second-order valence-electron chi connectivity index (χ2n) is 3.25. The van der Waals surface area contributed by atoms with E-state index in [4.69, 9.17) is 10.3 Å². The van der Waals surface area contributed by atoms with E-state index >= 15 is 0 Å². The van der Waals surface area contributed by atoms with E-state index in [9.17, 15) is 0 Å². The van der Waals surface area contributed by atoms with Crippen molar-refractivity contribution in [1.82, 2.24) is 5.16 Å². The molecule has 1 fully saturated rings. The summed E-state index contributed by atoms with van der Waals surface area (Å²) in [6.07, 6.45) is 3.57. The van der Waals surface area contributed by atoms with Gasteiger partial charge in [-0.05, 0) is 19.3 Å². The lowest BCUT2D eigenvalue weighted by Crippen LogP contribution is -2.01. The van der Waals surface area contributed by atoms with Gasteiger partial charge in [-0.2, -0.15) is 0 Å². The average Bonchev–Trinajstić information content (AvgIpc) is 2.70. The van der Waals surface area contributed by atoms with E-state index in [0.717, 1.165) is 12.2 Å². The zero-order chi connectivity index (χ0) is 7.90. The highest BCUT2D eigenvalue weighted by Gasteiger charge is 2.45. The van der Waals surface area contributed by atoms with Gasteiger partial charge >= 0.3 is 0 Å². The Morgan fingerprint density at radius 1 is 1.73 bits per heavy atom. The molecule has 1 aliphatic carbocycles. The number of hydrogen-bond donors (Lipinski definition) is 1. The Morgan fingerprint density at radius 2 is 2.45 bits per heavy atom. The predicted molar refractivity (Wildman–Crippen MR) is 42.1 cm³/mol. The van der Waals surface area contributed by atoms with Gasteiger partial charge in [0.2, 0.25) is 0 Å². The first-order valence-corrected chi connectivity index (χ1v) is 3.99. The first-order chi connectivity index (χ1) is 5.27. The largest absolute Gasteiger partial charge is 0.381 e. The molecule has 0 spiro atoms. The third-order valence-corrected chi connectivity index (χ3v) is 2.58. The molecule has 2 N–H and O–H groups in total. The lowest BCUT2D eigenvalue weighted by molar-refractivity contribution is 0.350. The van der Waals surface area contributed by atoms with Crippen LogP contribution in [-0.4, -0.2) is 5.16 Å². The summed E-state index contributed by atoms with van der Waals surface area (Å²) in [6.45, 7) is 2.17. The smallest absolute Gasteiger partial charge is 0.167 e. The minimum atomic E-state index is 0.296. The van der Waals surface area contributed by atoms with Crippen molar-refractivity contribution in [3.05, 3.63) is 11.8 Å². The van der Waals surface area contributed by atoms with Crippen LogP contribution in [0.3, 0.4) is 0 Å². The summed E-state index contributed by atoms with van der Waals surface area (Å²) in [6, 6.07) is 1.84. The predicted octanol–water partition coefficient (Wildman–Crippen LogP) is 1.70. The monoisotopic (exact) mass is 152 g/mol. The summed E-state index contributed by atoms with van der Waals surface area (Å²) in [5, 5.41) is 3.67. The fourth-order valence-electron chi connectivity index (χ4n) is 1.46. The molecule has 1 aromatic heterocycles. The number of rotatable bonds is 2. The van der Waals surface area contributed by atoms with Gasteiger partial charge < -0.3 is 10.3 Å². The van der Waals surface area contributed by atoms with Crippen LogP contribution in [0.25, 0.3) is 0 Å². The lowest BCUT2D eigenvalue weighted by Gasteiger charge is -2.04. The Balaban J connectivity index is 2.29. The Hall–Kier alpha value is -0.990. The Morgan fingerprint density at radius 3 is 2.82 bits per heavy atom. The highest BCUT2D eigenvalue weighted by Crippen LogP contribution is 2.51. The summed E-state index contributed by atoms with van der Waals surface area (Å²) in [7, 11) is 0. The number of nitrogen functional groups attached to an aromatic ring is 1. The molecule has 1 aliphatic rings. The Bertz CT molecular complexity index is 263. The molecular weight excluding hydrogens is 140 g/mol. The van der Waals surface area contributed by atoms with Crippen molar-refractivity contribution in [1.29, 1.82) is 0 Å². The third-order valence-electron chi connectivity index (χ3n) is 2.58. The molecule has 0 atom stereocenters. The van der Waals surface area contributed by atoms with Gasteiger partial charge in [0.05, 0.1) is 0 Å². The SMILES string of the molecule is CCC1(c2cc(N)no2)CC1. The molecule has 0 saturated heterocycles. The van der Waals surface area contributed by atoms with Crippen molar-refractivity contribution in [3.8, 4) is 0 Å². The van der Waals surface area contributed by atoms with E-state index in [0.29, 0.717) is 11.2 Å². The maximum atomic E-state index is 5.45. The molecule has 1 heterocycles. The first-order valence-electron chi connectivity index (χ1n) is 3.99. The van der Waals surface area contributed by atoms with Crippen molar-refractivity contribution in [3.63, 3.8) is 0 Å². The van der Waals surface area contributed by atoms with Gasteiger partial charge in [0.1, 0.15) is 5.76 Å². The van der Waals surface area contributed by atoms with E-state index < -0.39 is 0 Å². The van der Waals surface area contributed by atoms with Crippen LogP contribution < -0.4 is 5.73 Å². The van der Waals surface area contributed by atoms with Crippen LogP contribution >= 0.6 is 0 Å². The van der Waals surface area contributed by atoms with Crippen LogP contribution in [-0.2, 0) is 5.41 Å². The van der Waals surface area contributed by atoms with E-state index in [1.165, 1.54) is 12.8 Å². The molecule has 0 radical (unpaired) electrons. The molecule has 0 bridgehead atoms. The minimum Gasteiger partial charge on any atom is -0.381 e. The first kappa shape index (κ1) is 6.70. The van der Waals surface area contributed by atoms with Crippen LogP contribution in [0.15, 0.2) is 10.6 Å². The molecule has 3 nitrogen and oxygen atoms in total. The zero-order valence-electron chi connectivity index (χ0n) is 6.63. The molecular formula is C8H12N2O. The van der Waals surface area contributed by atoms with Gasteiger partial charge in [0.15, 0.2) is 5.82 Å². The van der Waals surface area contributed by atoms with Crippen molar-refractivity contribution in [2.75, 3.05) is 5.73 Å². The molecule has 2 rings (SSSR count). The Kier molecular flexibility index (Phi) is 1.22. The molecule has 3 heteroatoms. The number of nitrogens with zero attached hydrogens (tertiary/aromatic N) is 1. The van der Waals surface area contributed by atoms with E-state index in [1.807, 2.05) is 6.07 Å². The summed E-state index contributed by atoms with van der Waals surface area (Å²) < 4.78 is 5.11. The maximum Gasteiger partial charge on any atom is 0.167 e. The number of nitrogens with two attached hydrogens (primary N) is 1. The molecule has 0 unspecified atom stereocenters. The second kappa shape index (κ2) is 2.00. The highest BCUT2D eigenvalue weighted by atomic mass is 16.5. The van der Waals surface area contributed by atoms with Gasteiger partial charge in [0.25, 0.3) is 0 Å². The van der Waals surface area contributed by atoms with Crippen molar-refractivity contribution >= 4 is 5.82 Å². The summed E-state index contributed by atoms with van der Waals surface area (Å²) >= 11 is 0. The van der Waals surface area contributed by atoms with Gasteiger partial charge in [0, 0.05) is 11.5 Å². The molecule has 0 aliphatic heterocycles. The fourth-order valence-corrected chi connectivity index (χ4v) is 1.46. The van der Waals surface area contributed by atoms with Gasteiger partial charge in [-0.3, -0.25) is 0 Å². The second-order valence-corrected chi connectivity index (χ2v) is 3.25. The van der Waals surface area contributed by atoms with Crippen LogP contribution in [0, 0.1) is 0 Å². The minimum absolute atomic E-state index is 0.296. The van der Waals surface area contributed by atoms with Crippen LogP contribution in [0.4, 0.5) is 5.82 Å². The topological polar surface area (TPSA) is 52.0 Å². The lowest BCUT2D eigenvalue weighted by atomic mass is 10.0. The number of aromatic nitrogens is 1. The molecule has 1 aromatic rings. The van der Waals surface area contributed by atoms with Crippen molar-refractivity contribution in [2.24, 2.45) is 0 Å². The molecule has 11 heavy (non-hydrogen) atoms.